The number of nitrogens with zero attached hydrogens (tertiary/aromatic N) is 4. The molecule has 1 aromatic rings. The molecule has 4 heterocycles. The number of alkyl halides is 3. The van der Waals surface area contributed by atoms with Crippen molar-refractivity contribution in [2.24, 2.45) is 15.9 Å². The van der Waals surface area contributed by atoms with Crippen LogP contribution in [0, 0.1) is 5.92 Å². The summed E-state index contributed by atoms with van der Waals surface area (Å²) in [5, 5.41) is 10.9. The first kappa shape index (κ1) is 18.5. The van der Waals surface area contributed by atoms with Crippen molar-refractivity contribution in [1.82, 2.24) is 14.8 Å². The van der Waals surface area contributed by atoms with Crippen LogP contribution in [0.15, 0.2) is 22.2 Å². The van der Waals surface area contributed by atoms with Crippen molar-refractivity contribution in [3.8, 4) is 0 Å². The normalized spacial score (nSPS) is 28.2. The molecule has 6 nitrogen and oxygen atoms in total. The molecule has 4 rings (SSSR count). The van der Waals surface area contributed by atoms with Gasteiger partial charge >= 0.3 is 6.18 Å². The fourth-order valence-electron chi connectivity index (χ4n) is 4.47. The summed E-state index contributed by atoms with van der Waals surface area (Å²) in [6.07, 6.45) is -2.89. The molecule has 0 radical (unpaired) electrons. The number of aromatic nitrogens is 1. The average molecular weight is 383 g/mol. The SMILES string of the molecule is CC1CN(CCCC(F)(F)F)CC1N1C(CO)=NC2CN=c3[nH]ccc3=C21. The molecule has 2 N–H and O–H groups in total. The molecule has 1 saturated heterocycles. The average Bonchev–Trinajstić information content (AvgIpc) is 3.28. The molecule has 3 atom stereocenters. The molecule has 0 bridgehead atoms. The molecular weight excluding hydrogens is 359 g/mol. The van der Waals surface area contributed by atoms with Gasteiger partial charge in [0.2, 0.25) is 0 Å². The summed E-state index contributed by atoms with van der Waals surface area (Å²) < 4.78 is 37.3. The summed E-state index contributed by atoms with van der Waals surface area (Å²) >= 11 is 0. The Bertz CT molecular complexity index is 846. The number of fused-ring (bicyclic) bond motifs is 2. The highest BCUT2D eigenvalue weighted by Crippen LogP contribution is 2.32. The molecule has 3 aliphatic heterocycles. The van der Waals surface area contributed by atoms with Crippen molar-refractivity contribution in [2.75, 3.05) is 32.8 Å². The molecule has 9 heteroatoms. The lowest BCUT2D eigenvalue weighted by atomic mass is 10.0. The Hall–Kier alpha value is -1.87. The van der Waals surface area contributed by atoms with E-state index in [9.17, 15) is 18.3 Å². The minimum absolute atomic E-state index is 0.0858. The van der Waals surface area contributed by atoms with Crippen LogP contribution in [0.4, 0.5) is 13.2 Å². The van der Waals surface area contributed by atoms with Gasteiger partial charge < -0.3 is 19.9 Å². The first-order chi connectivity index (χ1) is 12.9. The minimum Gasteiger partial charge on any atom is -0.388 e. The molecule has 1 fully saturated rings. The van der Waals surface area contributed by atoms with Crippen LogP contribution in [0.3, 0.4) is 0 Å². The van der Waals surface area contributed by atoms with Crippen LogP contribution in [0.25, 0.3) is 5.70 Å². The number of nitrogens with one attached hydrogen (secondary N) is 1. The van der Waals surface area contributed by atoms with E-state index >= 15 is 0 Å². The largest absolute Gasteiger partial charge is 0.389 e. The van der Waals surface area contributed by atoms with E-state index in [1.54, 1.807) is 0 Å². The molecular formula is C18H24F3N5O. The molecule has 0 aromatic carbocycles. The summed E-state index contributed by atoms with van der Waals surface area (Å²) in [5.41, 5.74) is 1.88. The van der Waals surface area contributed by atoms with E-state index < -0.39 is 12.6 Å². The molecule has 3 unspecified atom stereocenters. The van der Waals surface area contributed by atoms with Crippen LogP contribution in [0.2, 0.25) is 0 Å². The van der Waals surface area contributed by atoms with Gasteiger partial charge in [-0.3, -0.25) is 9.98 Å². The fourth-order valence-corrected chi connectivity index (χ4v) is 4.47. The topological polar surface area (TPSA) is 67.2 Å². The highest BCUT2D eigenvalue weighted by atomic mass is 19.4. The lowest BCUT2D eigenvalue weighted by Crippen LogP contribution is -2.47. The van der Waals surface area contributed by atoms with E-state index in [0.29, 0.717) is 25.5 Å². The highest BCUT2D eigenvalue weighted by Gasteiger charge is 2.42. The van der Waals surface area contributed by atoms with E-state index in [-0.39, 0.29) is 31.0 Å². The Balaban J connectivity index is 1.56. The third kappa shape index (κ3) is 3.50. The first-order valence-corrected chi connectivity index (χ1v) is 9.35. The number of likely N-dealkylation sites (tertiary alicyclic amines) is 1. The molecule has 27 heavy (non-hydrogen) atoms. The van der Waals surface area contributed by atoms with E-state index in [0.717, 1.165) is 22.9 Å². The van der Waals surface area contributed by atoms with Crippen LogP contribution < -0.4 is 10.7 Å². The summed E-state index contributed by atoms with van der Waals surface area (Å²) in [4.78, 5) is 16.5. The fraction of sp³-hybridized carbons (Fsp3) is 0.667. The number of aliphatic hydroxyl groups is 1. The second kappa shape index (κ2) is 6.94. The van der Waals surface area contributed by atoms with Crippen molar-refractivity contribution >= 4 is 11.5 Å². The Labute approximate surface area is 155 Å². The van der Waals surface area contributed by atoms with E-state index in [1.807, 2.05) is 12.3 Å². The van der Waals surface area contributed by atoms with Crippen molar-refractivity contribution < 1.29 is 18.3 Å². The number of rotatable bonds is 5. The van der Waals surface area contributed by atoms with Gasteiger partial charge in [0.15, 0.2) is 0 Å². The third-order valence-corrected chi connectivity index (χ3v) is 5.64. The van der Waals surface area contributed by atoms with Gasteiger partial charge in [0.25, 0.3) is 0 Å². The van der Waals surface area contributed by atoms with Gasteiger partial charge in [-0.1, -0.05) is 6.92 Å². The molecule has 3 aliphatic rings. The predicted molar refractivity (Wildman–Crippen MR) is 94.7 cm³/mol. The second-order valence-corrected chi connectivity index (χ2v) is 7.58. The maximum atomic E-state index is 12.4. The van der Waals surface area contributed by atoms with Gasteiger partial charge in [-0.25, -0.2) is 0 Å². The second-order valence-electron chi connectivity index (χ2n) is 7.58. The van der Waals surface area contributed by atoms with Gasteiger partial charge in [0.1, 0.15) is 24.0 Å². The molecule has 148 valence electrons. The smallest absolute Gasteiger partial charge is 0.388 e. The van der Waals surface area contributed by atoms with Crippen LogP contribution in [0.5, 0.6) is 0 Å². The predicted octanol–water partition coefficient (Wildman–Crippen LogP) is 0.494. The van der Waals surface area contributed by atoms with Crippen molar-refractivity contribution in [1.29, 1.82) is 0 Å². The minimum atomic E-state index is -4.10. The van der Waals surface area contributed by atoms with E-state index in [2.05, 4.69) is 31.7 Å². The quantitative estimate of drug-likeness (QED) is 0.778. The molecule has 0 aliphatic carbocycles. The van der Waals surface area contributed by atoms with Gasteiger partial charge in [0.05, 0.1) is 18.3 Å². The van der Waals surface area contributed by atoms with Crippen molar-refractivity contribution in [3.63, 3.8) is 0 Å². The summed E-state index contributed by atoms with van der Waals surface area (Å²) in [5.74, 6) is 0.897. The van der Waals surface area contributed by atoms with E-state index in [1.165, 1.54) is 0 Å². The Morgan fingerprint density at radius 2 is 2.15 bits per heavy atom. The van der Waals surface area contributed by atoms with Gasteiger partial charge in [-0.15, -0.1) is 0 Å². The van der Waals surface area contributed by atoms with E-state index in [4.69, 9.17) is 0 Å². The Morgan fingerprint density at radius 3 is 2.89 bits per heavy atom. The van der Waals surface area contributed by atoms with Gasteiger partial charge in [-0.2, -0.15) is 13.2 Å². The number of amidine groups is 1. The van der Waals surface area contributed by atoms with Crippen LogP contribution in [-0.2, 0) is 0 Å². The monoisotopic (exact) mass is 383 g/mol. The molecule has 1 aromatic heterocycles. The zero-order valence-electron chi connectivity index (χ0n) is 15.2. The number of H-pyrrole nitrogens is 1. The molecule has 0 saturated carbocycles. The highest BCUT2D eigenvalue weighted by molar-refractivity contribution is 5.94. The zero-order valence-corrected chi connectivity index (χ0v) is 15.2. The summed E-state index contributed by atoms with van der Waals surface area (Å²) in [7, 11) is 0. The summed E-state index contributed by atoms with van der Waals surface area (Å²) in [6.45, 7) is 4.35. The summed E-state index contributed by atoms with van der Waals surface area (Å²) in [6, 6.07) is 1.97. The van der Waals surface area contributed by atoms with Crippen LogP contribution >= 0.6 is 0 Å². The maximum absolute atomic E-state index is 12.4. The number of hydrogen-bond acceptors (Lipinski definition) is 5. The van der Waals surface area contributed by atoms with Gasteiger partial charge in [0, 0.05) is 30.9 Å². The van der Waals surface area contributed by atoms with Gasteiger partial charge in [-0.05, 0) is 24.9 Å². The lowest BCUT2D eigenvalue weighted by Gasteiger charge is -2.32. The molecule has 0 amide bonds. The number of hydrogen-bond donors (Lipinski definition) is 2. The van der Waals surface area contributed by atoms with Crippen LogP contribution in [0.1, 0.15) is 19.8 Å². The Kier molecular flexibility index (Phi) is 4.75. The standard InChI is InChI=1S/C18H24F3N5O/c1-11-8-25(6-2-4-18(19,20)21)9-14(11)26-15(10-27)24-13-7-23-17-12(16(13)26)3-5-22-17/h3,5,11,13-14,27H,2,4,6-10H2,1H3,(H,22,23). The third-order valence-electron chi connectivity index (χ3n) is 5.64. The number of aliphatic imine (C=N–C) groups is 1. The number of aliphatic hydroxyl groups excluding tert-OH is 1. The number of halogens is 3. The van der Waals surface area contributed by atoms with Crippen molar-refractivity contribution in [3.05, 3.63) is 23.0 Å². The molecule has 0 spiro atoms. The zero-order chi connectivity index (χ0) is 19.2. The maximum Gasteiger partial charge on any atom is 0.389 e. The van der Waals surface area contributed by atoms with Crippen LogP contribution in [-0.4, -0.2) is 76.8 Å². The first-order valence-electron chi connectivity index (χ1n) is 9.35. The number of aromatic amines is 1. The van der Waals surface area contributed by atoms with Crippen molar-refractivity contribution in [2.45, 2.75) is 38.0 Å². The lowest BCUT2D eigenvalue weighted by molar-refractivity contribution is -0.136. The Morgan fingerprint density at radius 1 is 1.33 bits per heavy atom.